The lowest BCUT2D eigenvalue weighted by molar-refractivity contribution is -0.00105. The van der Waals surface area contributed by atoms with Crippen LogP contribution in [0.4, 0.5) is 9.59 Å². The number of carbonyl (C=O) groups is 2. The highest BCUT2D eigenvalue weighted by molar-refractivity contribution is 7.28. The van der Waals surface area contributed by atoms with E-state index in [2.05, 4.69) is 15.4 Å². The normalized spacial score (nSPS) is 17.6. The molecule has 16 heteroatoms. The van der Waals surface area contributed by atoms with Crippen LogP contribution in [-0.4, -0.2) is 86.7 Å². The summed E-state index contributed by atoms with van der Waals surface area (Å²) in [6.45, 7) is 13.6. The quantitative estimate of drug-likeness (QED) is 0.228. The fraction of sp³-hybridized carbons (Fsp3) is 0.517. The van der Waals surface area contributed by atoms with Crippen molar-refractivity contribution in [1.82, 2.24) is 44.6 Å². The fourth-order valence-electron chi connectivity index (χ4n) is 5.09. The smallest absolute Gasteiger partial charge is 0.419 e. The monoisotopic (exact) mass is 653 g/mol. The van der Waals surface area contributed by atoms with Gasteiger partial charge in [0.2, 0.25) is 5.82 Å². The maximum atomic E-state index is 13.3. The minimum absolute atomic E-state index is 0.0286. The van der Waals surface area contributed by atoms with Gasteiger partial charge in [0.25, 0.3) is 5.19 Å². The summed E-state index contributed by atoms with van der Waals surface area (Å²) >= 11 is 2.72. The van der Waals surface area contributed by atoms with Crippen LogP contribution in [0, 0.1) is 0 Å². The zero-order valence-corrected chi connectivity index (χ0v) is 28.0. The minimum atomic E-state index is -0.695. The van der Waals surface area contributed by atoms with Gasteiger partial charge in [-0.1, -0.05) is 22.7 Å². The lowest BCUT2D eigenvalue weighted by Gasteiger charge is -2.37. The molecule has 5 aromatic rings. The molecule has 2 atom stereocenters. The number of piperidine rings is 1. The topological polar surface area (TPSA) is 152 Å². The van der Waals surface area contributed by atoms with Gasteiger partial charge in [0, 0.05) is 43.2 Å². The van der Waals surface area contributed by atoms with Gasteiger partial charge in [-0.2, -0.15) is 9.78 Å². The fourth-order valence-corrected chi connectivity index (χ4v) is 7.04. The van der Waals surface area contributed by atoms with Crippen molar-refractivity contribution in [3.05, 3.63) is 18.5 Å². The summed E-state index contributed by atoms with van der Waals surface area (Å²) in [6, 6.07) is 1.78. The van der Waals surface area contributed by atoms with Crippen molar-refractivity contribution in [1.29, 1.82) is 0 Å². The summed E-state index contributed by atoms with van der Waals surface area (Å²) < 4.78 is 18.9. The van der Waals surface area contributed by atoms with Crippen LogP contribution < -0.4 is 4.74 Å². The number of likely N-dealkylation sites (tertiary alicyclic amines) is 1. The van der Waals surface area contributed by atoms with E-state index in [0.717, 1.165) is 0 Å². The van der Waals surface area contributed by atoms with E-state index in [-0.39, 0.29) is 18.2 Å². The highest BCUT2D eigenvalue weighted by Gasteiger charge is 2.33. The predicted octanol–water partition coefficient (Wildman–Crippen LogP) is 5.91. The van der Waals surface area contributed by atoms with Crippen LogP contribution >= 0.6 is 22.7 Å². The average Bonchev–Trinajstić information content (AvgIpc) is 3.69. The first kappa shape index (κ1) is 30.8. The summed E-state index contributed by atoms with van der Waals surface area (Å²) in [7, 11) is 1.68. The molecule has 0 radical (unpaired) electrons. The Morgan fingerprint density at radius 3 is 2.36 bits per heavy atom. The molecule has 45 heavy (non-hydrogen) atoms. The largest absolute Gasteiger partial charge is 0.466 e. The van der Waals surface area contributed by atoms with Crippen LogP contribution in [0.5, 0.6) is 5.19 Å². The lowest BCUT2D eigenvalue weighted by Crippen LogP contribution is -2.49. The SMILES string of the molecule is C[C@@H]1C[C@@H](Oc2nc3sc(-c4ncc(-c5nnn(C)n5)c5ccn(C(=O)OC(C)(C)C)c45)nc3s2)CCN1C(=O)OC(C)(C)C. The second-order valence-corrected chi connectivity index (χ2v) is 14.9. The van der Waals surface area contributed by atoms with E-state index in [0.29, 0.717) is 67.2 Å². The van der Waals surface area contributed by atoms with E-state index >= 15 is 0 Å². The van der Waals surface area contributed by atoms with Gasteiger partial charge in [-0.15, -0.1) is 10.2 Å². The molecule has 1 aliphatic rings. The first-order chi connectivity index (χ1) is 21.1. The maximum absolute atomic E-state index is 13.3. The van der Waals surface area contributed by atoms with Crippen LogP contribution in [0.25, 0.3) is 42.7 Å². The van der Waals surface area contributed by atoms with E-state index in [1.165, 1.54) is 32.0 Å². The molecule has 0 unspecified atom stereocenters. The Balaban J connectivity index is 1.27. The van der Waals surface area contributed by atoms with Gasteiger partial charge in [0.1, 0.15) is 28.0 Å². The van der Waals surface area contributed by atoms with Gasteiger partial charge in [-0.05, 0) is 59.7 Å². The van der Waals surface area contributed by atoms with Crippen molar-refractivity contribution in [3.63, 3.8) is 0 Å². The molecule has 5 aromatic heterocycles. The number of hydrogen-bond donors (Lipinski definition) is 0. The molecule has 1 aliphatic heterocycles. The average molecular weight is 654 g/mol. The molecule has 0 aromatic carbocycles. The molecule has 1 amide bonds. The van der Waals surface area contributed by atoms with Crippen molar-refractivity contribution in [3.8, 4) is 27.3 Å². The molecule has 0 bridgehead atoms. The zero-order valence-electron chi connectivity index (χ0n) is 26.4. The summed E-state index contributed by atoms with van der Waals surface area (Å²) in [5.41, 5.74) is 0.425. The van der Waals surface area contributed by atoms with E-state index in [1.54, 1.807) is 24.3 Å². The first-order valence-corrected chi connectivity index (χ1v) is 16.2. The molecule has 1 fully saturated rings. The van der Waals surface area contributed by atoms with E-state index in [1.807, 2.05) is 54.5 Å². The Kier molecular flexibility index (Phi) is 7.75. The molecule has 0 N–H and O–H groups in total. The zero-order chi connectivity index (χ0) is 32.3. The highest BCUT2D eigenvalue weighted by Crippen LogP contribution is 2.40. The Morgan fingerprint density at radius 1 is 1.00 bits per heavy atom. The van der Waals surface area contributed by atoms with E-state index < -0.39 is 17.3 Å². The lowest BCUT2D eigenvalue weighted by atomic mass is 10.0. The number of hydrogen-bond acceptors (Lipinski definition) is 13. The van der Waals surface area contributed by atoms with Crippen molar-refractivity contribution >= 4 is 55.4 Å². The number of fused-ring (bicyclic) bond motifs is 2. The number of tetrazole rings is 1. The number of amides is 1. The van der Waals surface area contributed by atoms with E-state index in [4.69, 9.17) is 29.2 Å². The third-order valence-electron chi connectivity index (χ3n) is 6.95. The number of aromatic nitrogens is 8. The first-order valence-electron chi connectivity index (χ1n) is 14.6. The molecular weight excluding hydrogens is 619 g/mol. The maximum Gasteiger partial charge on any atom is 0.419 e. The Hall–Kier alpha value is -4.18. The van der Waals surface area contributed by atoms with Crippen LogP contribution in [0.2, 0.25) is 0 Å². The molecule has 6 rings (SSSR count). The molecule has 14 nitrogen and oxygen atoms in total. The summed E-state index contributed by atoms with van der Waals surface area (Å²) in [6.07, 6.45) is 3.73. The van der Waals surface area contributed by atoms with Crippen LogP contribution in [0.3, 0.4) is 0 Å². The number of ether oxygens (including phenoxy) is 3. The number of thiazole rings is 2. The van der Waals surface area contributed by atoms with Gasteiger partial charge in [-0.3, -0.25) is 9.55 Å². The Labute approximate surface area is 267 Å². The second kappa shape index (κ2) is 11.3. The summed E-state index contributed by atoms with van der Waals surface area (Å²) in [5, 5.41) is 14.3. The van der Waals surface area contributed by atoms with Gasteiger partial charge < -0.3 is 19.1 Å². The van der Waals surface area contributed by atoms with Crippen LogP contribution in [-0.2, 0) is 16.5 Å². The van der Waals surface area contributed by atoms with Gasteiger partial charge in [-0.25, -0.2) is 14.6 Å². The highest BCUT2D eigenvalue weighted by atomic mass is 32.1. The van der Waals surface area contributed by atoms with Crippen molar-refractivity contribution in [2.24, 2.45) is 7.05 Å². The standard InChI is InChI=1S/C29H35N9O5S2/c1-15-13-16(9-11-37(15)26(39)42-28(2,3)4)41-25-32-24-23(45-25)31-22(44-24)19-20-17(10-12-38(20)27(40)43-29(5,6)7)18(14-30-19)21-33-35-36(8)34-21/h10,12,14-16H,9,11,13H2,1-8H3/t15-,16+/m1/s1. The van der Waals surface area contributed by atoms with Crippen LogP contribution in [0.1, 0.15) is 61.3 Å². The van der Waals surface area contributed by atoms with Crippen molar-refractivity contribution in [2.75, 3.05) is 6.54 Å². The number of carbonyl (C=O) groups excluding carboxylic acids is 2. The van der Waals surface area contributed by atoms with Gasteiger partial charge in [0.05, 0.1) is 18.1 Å². The summed E-state index contributed by atoms with van der Waals surface area (Å²) in [5.74, 6) is 0.387. The third kappa shape index (κ3) is 6.47. The molecule has 0 saturated carbocycles. The van der Waals surface area contributed by atoms with Crippen molar-refractivity contribution in [2.45, 2.75) is 84.7 Å². The third-order valence-corrected chi connectivity index (χ3v) is 8.87. The molecule has 238 valence electrons. The van der Waals surface area contributed by atoms with Crippen molar-refractivity contribution < 1.29 is 23.8 Å². The summed E-state index contributed by atoms with van der Waals surface area (Å²) in [4.78, 5) is 44.7. The number of pyridine rings is 1. The van der Waals surface area contributed by atoms with E-state index in [9.17, 15) is 9.59 Å². The van der Waals surface area contributed by atoms with Gasteiger partial charge >= 0.3 is 12.2 Å². The Bertz CT molecular complexity index is 1860. The number of aryl methyl sites for hydroxylation is 1. The predicted molar refractivity (Wildman–Crippen MR) is 169 cm³/mol. The molecule has 0 spiro atoms. The number of nitrogens with zero attached hydrogens (tertiary/aromatic N) is 9. The van der Waals surface area contributed by atoms with Crippen LogP contribution in [0.15, 0.2) is 18.5 Å². The molecular formula is C29H35N9O5S2. The molecule has 1 saturated heterocycles. The van der Waals surface area contributed by atoms with Gasteiger partial charge in [0.15, 0.2) is 9.66 Å². The Morgan fingerprint density at radius 2 is 1.71 bits per heavy atom. The number of rotatable bonds is 4. The molecule has 6 heterocycles. The minimum Gasteiger partial charge on any atom is -0.466 e. The molecule has 0 aliphatic carbocycles. The second-order valence-electron chi connectivity index (χ2n) is 12.9.